The summed E-state index contributed by atoms with van der Waals surface area (Å²) >= 11 is 0. The van der Waals surface area contributed by atoms with Crippen LogP contribution in [0.15, 0.2) is 66.9 Å². The number of rotatable bonds is 8. The van der Waals surface area contributed by atoms with Gasteiger partial charge in [-0.1, -0.05) is 48.5 Å². The molecular formula is C25H24FN3O4. The third-order valence-electron chi connectivity index (χ3n) is 5.35. The fraction of sp³-hybridized carbons (Fsp3) is 0.200. The molecule has 1 amide bonds. The van der Waals surface area contributed by atoms with Crippen molar-refractivity contribution in [1.82, 2.24) is 14.7 Å². The molecule has 33 heavy (non-hydrogen) atoms. The predicted octanol–water partition coefficient (Wildman–Crippen LogP) is 3.32. The first-order valence-corrected chi connectivity index (χ1v) is 10.5. The highest BCUT2D eigenvalue weighted by Crippen LogP contribution is 2.26. The third-order valence-corrected chi connectivity index (χ3v) is 5.35. The molecule has 170 valence electrons. The average Bonchev–Trinajstić information content (AvgIpc) is 3.18. The summed E-state index contributed by atoms with van der Waals surface area (Å²) in [6.07, 6.45) is 1.61. The Kier molecular flexibility index (Phi) is 6.67. The Labute approximate surface area is 190 Å². The zero-order chi connectivity index (χ0) is 23.4. The first-order valence-electron chi connectivity index (χ1n) is 10.5. The smallest absolute Gasteiger partial charge is 0.270 e. The molecule has 0 unspecified atom stereocenters. The number of carbonyl (C=O) groups is 1. The van der Waals surface area contributed by atoms with E-state index in [1.54, 1.807) is 41.8 Å². The van der Waals surface area contributed by atoms with Crippen molar-refractivity contribution in [3.8, 4) is 5.75 Å². The van der Waals surface area contributed by atoms with Crippen LogP contribution in [0.5, 0.6) is 5.75 Å². The minimum Gasteiger partial charge on any atom is -0.485 e. The van der Waals surface area contributed by atoms with Crippen molar-refractivity contribution in [1.29, 1.82) is 0 Å². The van der Waals surface area contributed by atoms with Gasteiger partial charge in [0.2, 0.25) is 0 Å². The van der Waals surface area contributed by atoms with Crippen molar-refractivity contribution in [2.45, 2.75) is 26.2 Å². The first-order chi connectivity index (χ1) is 16.0. The number of pyridine rings is 1. The van der Waals surface area contributed by atoms with Crippen LogP contribution in [0.2, 0.25) is 0 Å². The van der Waals surface area contributed by atoms with Gasteiger partial charge < -0.3 is 20.3 Å². The topological polar surface area (TPSA) is 96.1 Å². The normalized spacial score (nSPS) is 12.0. The molecule has 8 heteroatoms. The Bertz CT molecular complexity index is 1270. The van der Waals surface area contributed by atoms with Crippen LogP contribution in [0, 0.1) is 12.7 Å². The number of amides is 1. The van der Waals surface area contributed by atoms with E-state index in [1.807, 2.05) is 30.3 Å². The number of imidazole rings is 1. The third kappa shape index (κ3) is 4.72. The van der Waals surface area contributed by atoms with Crippen molar-refractivity contribution < 1.29 is 24.1 Å². The van der Waals surface area contributed by atoms with Crippen LogP contribution in [-0.4, -0.2) is 32.1 Å². The number of nitrogens with zero attached hydrogens (tertiary/aromatic N) is 2. The summed E-state index contributed by atoms with van der Waals surface area (Å²) in [5.74, 6) is -0.505. The first kappa shape index (κ1) is 22.4. The monoisotopic (exact) mass is 449 g/mol. The highest BCUT2D eigenvalue weighted by Gasteiger charge is 2.23. The van der Waals surface area contributed by atoms with E-state index in [2.05, 4.69) is 10.3 Å². The highest BCUT2D eigenvalue weighted by atomic mass is 19.1. The van der Waals surface area contributed by atoms with Gasteiger partial charge in [-0.2, -0.15) is 0 Å². The molecule has 3 N–H and O–H groups in total. The van der Waals surface area contributed by atoms with Gasteiger partial charge in [-0.05, 0) is 30.2 Å². The van der Waals surface area contributed by atoms with Gasteiger partial charge in [-0.15, -0.1) is 0 Å². The molecule has 4 rings (SSSR count). The summed E-state index contributed by atoms with van der Waals surface area (Å²) < 4.78 is 21.4. The van der Waals surface area contributed by atoms with Crippen molar-refractivity contribution >= 4 is 11.6 Å². The van der Waals surface area contributed by atoms with E-state index in [0.717, 1.165) is 5.56 Å². The minimum absolute atomic E-state index is 0.0365. The summed E-state index contributed by atoms with van der Waals surface area (Å²) in [6, 6.07) is 16.5. The van der Waals surface area contributed by atoms with E-state index >= 15 is 0 Å². The van der Waals surface area contributed by atoms with Crippen molar-refractivity contribution in [3.63, 3.8) is 0 Å². The molecule has 0 saturated heterocycles. The van der Waals surface area contributed by atoms with Crippen LogP contribution in [0.25, 0.3) is 5.65 Å². The second kappa shape index (κ2) is 9.81. The number of hydrogen-bond acceptors (Lipinski definition) is 5. The Morgan fingerprint density at radius 2 is 1.88 bits per heavy atom. The average molecular weight is 449 g/mol. The maximum absolute atomic E-state index is 14.0. The Morgan fingerprint density at radius 3 is 2.58 bits per heavy atom. The van der Waals surface area contributed by atoms with Crippen LogP contribution in [0.4, 0.5) is 4.39 Å². The van der Waals surface area contributed by atoms with Gasteiger partial charge in [-0.25, -0.2) is 9.37 Å². The van der Waals surface area contributed by atoms with Crippen LogP contribution in [0.3, 0.4) is 0 Å². The van der Waals surface area contributed by atoms with Gasteiger partial charge in [-0.3, -0.25) is 9.20 Å². The standard InChI is InChI=1S/C25H24FN3O4/c1-16-23(25(32)28-21(14-31)18-7-3-2-4-8-18)29-12-17(13-30)11-22(24(29)27-16)33-15-19-9-5-6-10-20(19)26/h2-12,21,30-31H,13-15H2,1H3,(H,28,32)/t21-/m0/s1. The van der Waals surface area contributed by atoms with Gasteiger partial charge in [0, 0.05) is 11.8 Å². The largest absolute Gasteiger partial charge is 0.485 e. The van der Waals surface area contributed by atoms with E-state index in [1.165, 1.54) is 6.07 Å². The number of carbonyl (C=O) groups excluding carboxylic acids is 1. The molecule has 2 heterocycles. The number of hydrogen-bond donors (Lipinski definition) is 3. The Balaban J connectivity index is 1.68. The zero-order valence-corrected chi connectivity index (χ0v) is 18.0. The molecule has 0 spiro atoms. The second-order valence-corrected chi connectivity index (χ2v) is 7.61. The lowest BCUT2D eigenvalue weighted by atomic mass is 10.1. The molecule has 2 aromatic carbocycles. The lowest BCUT2D eigenvalue weighted by molar-refractivity contribution is 0.0909. The molecule has 0 radical (unpaired) electrons. The summed E-state index contributed by atoms with van der Waals surface area (Å²) in [5, 5.41) is 22.4. The van der Waals surface area contributed by atoms with Crippen molar-refractivity contribution in [2.24, 2.45) is 0 Å². The number of nitrogens with one attached hydrogen (secondary N) is 1. The summed E-state index contributed by atoms with van der Waals surface area (Å²) in [7, 11) is 0. The lowest BCUT2D eigenvalue weighted by Crippen LogP contribution is -2.32. The van der Waals surface area contributed by atoms with Gasteiger partial charge >= 0.3 is 0 Å². The summed E-state index contributed by atoms with van der Waals surface area (Å²) in [4.78, 5) is 17.7. The number of aliphatic hydroxyl groups excluding tert-OH is 2. The highest BCUT2D eigenvalue weighted by molar-refractivity contribution is 5.95. The molecule has 4 aromatic rings. The molecular weight excluding hydrogens is 425 g/mol. The van der Waals surface area contributed by atoms with Crippen LogP contribution in [-0.2, 0) is 13.2 Å². The van der Waals surface area contributed by atoms with Crippen LogP contribution < -0.4 is 10.1 Å². The van der Waals surface area contributed by atoms with Gasteiger partial charge in [0.15, 0.2) is 11.4 Å². The van der Waals surface area contributed by atoms with E-state index in [9.17, 15) is 19.4 Å². The van der Waals surface area contributed by atoms with Crippen molar-refractivity contribution in [3.05, 3.63) is 101 Å². The Hall–Kier alpha value is -3.75. The zero-order valence-electron chi connectivity index (χ0n) is 18.0. The maximum Gasteiger partial charge on any atom is 0.270 e. The molecule has 1 atom stereocenters. The number of aryl methyl sites for hydroxylation is 1. The van der Waals surface area contributed by atoms with E-state index in [0.29, 0.717) is 28.2 Å². The second-order valence-electron chi connectivity index (χ2n) is 7.61. The number of aliphatic hydroxyl groups is 2. The van der Waals surface area contributed by atoms with E-state index in [4.69, 9.17) is 4.74 Å². The molecule has 0 fully saturated rings. The quantitative estimate of drug-likeness (QED) is 0.384. The molecule has 0 aliphatic heterocycles. The number of halogens is 1. The van der Waals surface area contributed by atoms with Crippen LogP contribution in [0.1, 0.15) is 38.9 Å². The van der Waals surface area contributed by atoms with Gasteiger partial charge in [0.05, 0.1) is 24.9 Å². The summed E-state index contributed by atoms with van der Waals surface area (Å²) in [5.41, 5.74) is 2.71. The molecule has 7 nitrogen and oxygen atoms in total. The predicted molar refractivity (Wildman–Crippen MR) is 120 cm³/mol. The van der Waals surface area contributed by atoms with Gasteiger partial charge in [0.25, 0.3) is 5.91 Å². The fourth-order valence-electron chi connectivity index (χ4n) is 3.67. The summed E-state index contributed by atoms with van der Waals surface area (Å²) in [6.45, 7) is 1.10. The van der Waals surface area contributed by atoms with E-state index in [-0.39, 0.29) is 31.3 Å². The molecule has 0 saturated carbocycles. The molecule has 0 bridgehead atoms. The number of ether oxygens (including phenoxy) is 1. The lowest BCUT2D eigenvalue weighted by Gasteiger charge is -2.17. The number of aromatic nitrogens is 2. The van der Waals surface area contributed by atoms with Gasteiger partial charge in [0.1, 0.15) is 18.1 Å². The van der Waals surface area contributed by atoms with Crippen molar-refractivity contribution in [2.75, 3.05) is 6.61 Å². The fourth-order valence-corrected chi connectivity index (χ4v) is 3.67. The minimum atomic E-state index is -0.596. The number of fused-ring (bicyclic) bond motifs is 1. The molecule has 0 aliphatic rings. The molecule has 2 aromatic heterocycles. The Morgan fingerprint density at radius 1 is 1.15 bits per heavy atom. The SMILES string of the molecule is Cc1nc2c(OCc3ccccc3F)cc(CO)cn2c1C(=O)N[C@@H](CO)c1ccccc1. The number of benzene rings is 2. The van der Waals surface area contributed by atoms with Crippen LogP contribution >= 0.6 is 0 Å². The van der Waals surface area contributed by atoms with E-state index < -0.39 is 11.9 Å². The maximum atomic E-state index is 14.0. The molecule has 0 aliphatic carbocycles.